The van der Waals surface area contributed by atoms with E-state index in [9.17, 15) is 14.4 Å². The molecule has 28 heavy (non-hydrogen) atoms. The van der Waals surface area contributed by atoms with Crippen LogP contribution in [0.25, 0.3) is 0 Å². The van der Waals surface area contributed by atoms with Crippen molar-refractivity contribution in [1.29, 1.82) is 0 Å². The standard InChI is InChI=1S/C21H28N2O5/c1-21(2,3)28-20(26)23-11-9-15(10-12-23)27-16-6-4-5-14(13-16)17-7-8-18(24)22-19(17)25/h4-6,13,15,17H,7-12H2,1-3H3,(H,22,24,25). The summed E-state index contributed by atoms with van der Waals surface area (Å²) in [7, 11) is 0. The van der Waals surface area contributed by atoms with E-state index in [2.05, 4.69) is 5.32 Å². The first-order valence-electron chi connectivity index (χ1n) is 9.79. The Morgan fingerprint density at radius 2 is 1.86 bits per heavy atom. The van der Waals surface area contributed by atoms with Crippen molar-refractivity contribution in [3.8, 4) is 5.75 Å². The smallest absolute Gasteiger partial charge is 0.410 e. The fourth-order valence-corrected chi connectivity index (χ4v) is 3.49. The zero-order valence-electron chi connectivity index (χ0n) is 16.7. The number of carbonyl (C=O) groups is 3. The third kappa shape index (κ3) is 5.24. The van der Waals surface area contributed by atoms with Crippen LogP contribution < -0.4 is 10.1 Å². The number of piperidine rings is 2. The van der Waals surface area contributed by atoms with Gasteiger partial charge in [0.25, 0.3) is 0 Å². The molecule has 0 saturated carbocycles. The number of hydrogen-bond donors (Lipinski definition) is 1. The lowest BCUT2D eigenvalue weighted by Crippen LogP contribution is -2.44. The van der Waals surface area contributed by atoms with Gasteiger partial charge in [0.05, 0.1) is 5.92 Å². The Kier molecular flexibility index (Phi) is 5.91. The van der Waals surface area contributed by atoms with Gasteiger partial charge in [-0.1, -0.05) is 12.1 Å². The highest BCUT2D eigenvalue weighted by atomic mass is 16.6. The normalized spacial score (nSPS) is 21.2. The second-order valence-corrected chi connectivity index (χ2v) is 8.36. The number of nitrogens with one attached hydrogen (secondary N) is 1. The van der Waals surface area contributed by atoms with Crippen LogP contribution >= 0.6 is 0 Å². The first kappa shape index (κ1) is 20.2. The van der Waals surface area contributed by atoms with E-state index < -0.39 is 5.60 Å². The summed E-state index contributed by atoms with van der Waals surface area (Å²) in [5.74, 6) is -0.0855. The molecule has 152 valence electrons. The molecule has 7 nitrogen and oxygen atoms in total. The molecule has 0 aliphatic carbocycles. The van der Waals surface area contributed by atoms with E-state index in [4.69, 9.17) is 9.47 Å². The number of amides is 3. The average molecular weight is 388 g/mol. The lowest BCUT2D eigenvalue weighted by atomic mass is 9.90. The molecule has 3 rings (SSSR count). The molecular formula is C21H28N2O5. The SMILES string of the molecule is CC(C)(C)OC(=O)N1CCC(Oc2cccc(C3CCC(=O)NC3=O)c2)CC1. The Morgan fingerprint density at radius 1 is 1.14 bits per heavy atom. The molecule has 1 aromatic rings. The molecule has 0 radical (unpaired) electrons. The summed E-state index contributed by atoms with van der Waals surface area (Å²) < 4.78 is 11.5. The van der Waals surface area contributed by atoms with Crippen LogP contribution in [0.5, 0.6) is 5.75 Å². The summed E-state index contributed by atoms with van der Waals surface area (Å²) in [6, 6.07) is 7.50. The highest BCUT2D eigenvalue weighted by molar-refractivity contribution is 6.00. The first-order chi connectivity index (χ1) is 13.2. The second-order valence-electron chi connectivity index (χ2n) is 8.36. The van der Waals surface area contributed by atoms with Gasteiger partial charge in [-0.2, -0.15) is 0 Å². The molecule has 1 N–H and O–H groups in total. The van der Waals surface area contributed by atoms with Gasteiger partial charge in [-0.15, -0.1) is 0 Å². The lowest BCUT2D eigenvalue weighted by molar-refractivity contribution is -0.134. The van der Waals surface area contributed by atoms with Crippen LogP contribution in [-0.4, -0.2) is 47.6 Å². The summed E-state index contributed by atoms with van der Waals surface area (Å²) in [4.78, 5) is 37.3. The maximum Gasteiger partial charge on any atom is 0.410 e. The van der Waals surface area contributed by atoms with E-state index in [1.165, 1.54) is 0 Å². The fourth-order valence-electron chi connectivity index (χ4n) is 3.49. The molecule has 2 aliphatic rings. The van der Waals surface area contributed by atoms with Crippen LogP contribution in [0.1, 0.15) is 57.9 Å². The molecule has 1 atom stereocenters. The van der Waals surface area contributed by atoms with Gasteiger partial charge in [0.1, 0.15) is 17.5 Å². The van der Waals surface area contributed by atoms with E-state index in [-0.39, 0.29) is 29.9 Å². The van der Waals surface area contributed by atoms with Crippen LogP contribution in [-0.2, 0) is 14.3 Å². The van der Waals surface area contributed by atoms with Gasteiger partial charge in [0.15, 0.2) is 0 Å². The molecule has 0 bridgehead atoms. The van der Waals surface area contributed by atoms with E-state index in [0.717, 1.165) is 18.4 Å². The Morgan fingerprint density at radius 3 is 2.50 bits per heavy atom. The quantitative estimate of drug-likeness (QED) is 0.805. The third-order valence-electron chi connectivity index (χ3n) is 4.90. The van der Waals surface area contributed by atoms with E-state index in [0.29, 0.717) is 31.7 Å². The second kappa shape index (κ2) is 8.20. The molecule has 1 unspecified atom stereocenters. The van der Waals surface area contributed by atoms with Crippen LogP contribution in [0.4, 0.5) is 4.79 Å². The maximum atomic E-state index is 12.2. The molecule has 3 amide bonds. The number of benzene rings is 1. The van der Waals surface area contributed by atoms with E-state index >= 15 is 0 Å². The zero-order valence-corrected chi connectivity index (χ0v) is 16.7. The summed E-state index contributed by atoms with van der Waals surface area (Å²) in [6.45, 7) is 6.75. The summed E-state index contributed by atoms with van der Waals surface area (Å²) >= 11 is 0. The third-order valence-corrected chi connectivity index (χ3v) is 4.90. The molecule has 2 saturated heterocycles. The van der Waals surface area contributed by atoms with Crippen molar-refractivity contribution in [3.05, 3.63) is 29.8 Å². The van der Waals surface area contributed by atoms with Crippen LogP contribution in [0, 0.1) is 0 Å². The minimum atomic E-state index is -0.499. The highest BCUT2D eigenvalue weighted by Crippen LogP contribution is 2.28. The molecule has 0 aromatic heterocycles. The summed E-state index contributed by atoms with van der Waals surface area (Å²) in [6.07, 6.45) is 2.04. The monoisotopic (exact) mass is 388 g/mol. The molecule has 2 aliphatic heterocycles. The highest BCUT2D eigenvalue weighted by Gasteiger charge is 2.29. The largest absolute Gasteiger partial charge is 0.490 e. The molecule has 1 aromatic carbocycles. The number of nitrogens with zero attached hydrogens (tertiary/aromatic N) is 1. The summed E-state index contributed by atoms with van der Waals surface area (Å²) in [5.41, 5.74) is 0.356. The van der Waals surface area contributed by atoms with E-state index in [1.807, 2.05) is 45.0 Å². The van der Waals surface area contributed by atoms with Crippen LogP contribution in [0.2, 0.25) is 0 Å². The summed E-state index contributed by atoms with van der Waals surface area (Å²) in [5, 5.41) is 2.39. The van der Waals surface area contributed by atoms with Gasteiger partial charge in [0.2, 0.25) is 11.8 Å². The topological polar surface area (TPSA) is 84.9 Å². The first-order valence-corrected chi connectivity index (χ1v) is 9.79. The van der Waals surface area contributed by atoms with Gasteiger partial charge in [-0.25, -0.2) is 4.79 Å². The van der Waals surface area contributed by atoms with Crippen LogP contribution in [0.3, 0.4) is 0 Å². The van der Waals surface area contributed by atoms with Crippen molar-refractivity contribution in [3.63, 3.8) is 0 Å². The van der Waals surface area contributed by atoms with Crippen LogP contribution in [0.15, 0.2) is 24.3 Å². The molecule has 2 fully saturated rings. The number of rotatable bonds is 3. The van der Waals surface area contributed by atoms with Crippen molar-refractivity contribution >= 4 is 17.9 Å². The zero-order chi connectivity index (χ0) is 20.3. The number of hydrogen-bond acceptors (Lipinski definition) is 5. The van der Waals surface area contributed by atoms with Gasteiger partial charge < -0.3 is 14.4 Å². The molecule has 7 heteroatoms. The van der Waals surface area contributed by atoms with Crippen molar-refractivity contribution in [1.82, 2.24) is 10.2 Å². The number of carbonyl (C=O) groups excluding carboxylic acids is 3. The molecule has 2 heterocycles. The molecular weight excluding hydrogens is 360 g/mol. The fraction of sp³-hybridized carbons (Fsp3) is 0.571. The van der Waals surface area contributed by atoms with Gasteiger partial charge in [-0.05, 0) is 44.9 Å². The Balaban J connectivity index is 1.55. The lowest BCUT2D eigenvalue weighted by Gasteiger charge is -2.33. The number of ether oxygens (including phenoxy) is 2. The maximum absolute atomic E-state index is 12.2. The number of imide groups is 1. The van der Waals surface area contributed by atoms with Crippen molar-refractivity contribution in [2.45, 2.75) is 64.1 Å². The van der Waals surface area contributed by atoms with Gasteiger partial charge >= 0.3 is 6.09 Å². The van der Waals surface area contributed by atoms with Gasteiger partial charge in [0, 0.05) is 32.4 Å². The van der Waals surface area contributed by atoms with Crippen molar-refractivity contribution in [2.75, 3.05) is 13.1 Å². The predicted molar refractivity (Wildman–Crippen MR) is 103 cm³/mol. The van der Waals surface area contributed by atoms with Gasteiger partial charge in [-0.3, -0.25) is 14.9 Å². The van der Waals surface area contributed by atoms with Crippen molar-refractivity contribution < 1.29 is 23.9 Å². The Labute approximate surface area is 165 Å². The Bertz CT molecular complexity index is 747. The minimum absolute atomic E-state index is 0.00990. The Hall–Kier alpha value is -2.57. The minimum Gasteiger partial charge on any atom is -0.490 e. The average Bonchev–Trinajstić information content (AvgIpc) is 2.61. The molecule has 0 spiro atoms. The van der Waals surface area contributed by atoms with E-state index in [1.54, 1.807) is 4.90 Å². The van der Waals surface area contributed by atoms with Crippen molar-refractivity contribution in [2.24, 2.45) is 0 Å². The number of likely N-dealkylation sites (tertiary alicyclic amines) is 1. The predicted octanol–water partition coefficient (Wildman–Crippen LogP) is 2.99.